The standard InChI is InChI=1S/C13H12BrClN4S/c14-8-1-2-11(15)10(5-8)12(18-16)6-9-7-19-3-4-20-13(19)17-9/h1-5,7,12,18H,6,16H2. The highest BCUT2D eigenvalue weighted by Gasteiger charge is 2.16. The molecule has 4 nitrogen and oxygen atoms in total. The highest BCUT2D eigenvalue weighted by atomic mass is 79.9. The van der Waals surface area contributed by atoms with Gasteiger partial charge in [0.1, 0.15) is 0 Å². The Morgan fingerprint density at radius 2 is 2.35 bits per heavy atom. The second-order valence-electron chi connectivity index (χ2n) is 4.41. The summed E-state index contributed by atoms with van der Waals surface area (Å²) in [5, 5.41) is 2.70. The number of thiazole rings is 1. The summed E-state index contributed by atoms with van der Waals surface area (Å²) in [6.07, 6.45) is 4.69. The smallest absolute Gasteiger partial charge is 0.193 e. The van der Waals surface area contributed by atoms with E-state index in [0.717, 1.165) is 20.7 Å². The van der Waals surface area contributed by atoms with Crippen LogP contribution in [-0.4, -0.2) is 9.38 Å². The molecule has 0 aliphatic heterocycles. The second-order valence-corrected chi connectivity index (χ2v) is 6.61. The number of imidazole rings is 1. The zero-order valence-electron chi connectivity index (χ0n) is 10.4. The molecule has 7 heteroatoms. The minimum Gasteiger partial charge on any atom is -0.297 e. The molecule has 20 heavy (non-hydrogen) atoms. The van der Waals surface area contributed by atoms with Crippen molar-refractivity contribution in [2.24, 2.45) is 5.84 Å². The Kier molecular flexibility index (Phi) is 4.09. The van der Waals surface area contributed by atoms with E-state index in [-0.39, 0.29) is 6.04 Å². The van der Waals surface area contributed by atoms with E-state index in [1.54, 1.807) is 11.3 Å². The van der Waals surface area contributed by atoms with Crippen molar-refractivity contribution in [3.05, 3.63) is 56.7 Å². The first-order valence-corrected chi connectivity index (χ1v) is 8.04. The van der Waals surface area contributed by atoms with Gasteiger partial charge in [-0.05, 0) is 23.8 Å². The Balaban J connectivity index is 1.89. The maximum Gasteiger partial charge on any atom is 0.193 e. The molecule has 0 amide bonds. The van der Waals surface area contributed by atoms with E-state index in [1.165, 1.54) is 0 Å². The minimum atomic E-state index is -0.0791. The van der Waals surface area contributed by atoms with Crippen LogP contribution >= 0.6 is 38.9 Å². The molecular weight excluding hydrogens is 360 g/mol. The van der Waals surface area contributed by atoms with Crippen LogP contribution in [0.25, 0.3) is 4.96 Å². The third-order valence-corrected chi connectivity index (χ3v) is 4.70. The highest BCUT2D eigenvalue weighted by Crippen LogP contribution is 2.28. The van der Waals surface area contributed by atoms with E-state index in [2.05, 4.69) is 26.3 Å². The van der Waals surface area contributed by atoms with E-state index in [4.69, 9.17) is 17.4 Å². The summed E-state index contributed by atoms with van der Waals surface area (Å²) in [5.41, 5.74) is 4.76. The van der Waals surface area contributed by atoms with E-state index >= 15 is 0 Å². The molecule has 0 aliphatic rings. The van der Waals surface area contributed by atoms with Gasteiger partial charge in [0, 0.05) is 33.7 Å². The molecule has 0 radical (unpaired) electrons. The number of hydrogen-bond donors (Lipinski definition) is 2. The van der Waals surface area contributed by atoms with Crippen LogP contribution in [0.1, 0.15) is 17.3 Å². The fraction of sp³-hybridized carbons (Fsp3) is 0.154. The second kappa shape index (κ2) is 5.83. The number of aromatic nitrogens is 2. The van der Waals surface area contributed by atoms with E-state index in [9.17, 15) is 0 Å². The largest absolute Gasteiger partial charge is 0.297 e. The maximum absolute atomic E-state index is 6.25. The fourth-order valence-corrected chi connectivity index (χ4v) is 3.47. The maximum atomic E-state index is 6.25. The molecule has 1 unspecified atom stereocenters. The van der Waals surface area contributed by atoms with Crippen molar-refractivity contribution < 1.29 is 0 Å². The summed E-state index contributed by atoms with van der Waals surface area (Å²) >= 11 is 11.3. The Labute approximate surface area is 133 Å². The quantitative estimate of drug-likeness (QED) is 0.544. The summed E-state index contributed by atoms with van der Waals surface area (Å²) in [4.78, 5) is 5.55. The fourth-order valence-electron chi connectivity index (χ4n) is 2.12. The number of fused-ring (bicyclic) bond motifs is 1. The summed E-state index contributed by atoms with van der Waals surface area (Å²) in [6, 6.07) is 5.67. The molecule has 1 aromatic carbocycles. The molecule has 3 aromatic rings. The molecule has 2 heterocycles. The number of rotatable bonds is 4. The number of nitrogens with zero attached hydrogens (tertiary/aromatic N) is 2. The van der Waals surface area contributed by atoms with Crippen LogP contribution in [0.4, 0.5) is 0 Å². The van der Waals surface area contributed by atoms with Crippen molar-refractivity contribution in [1.82, 2.24) is 14.8 Å². The summed E-state index contributed by atoms with van der Waals surface area (Å²) in [7, 11) is 0. The molecule has 0 aliphatic carbocycles. The van der Waals surface area contributed by atoms with Gasteiger partial charge in [-0.15, -0.1) is 11.3 Å². The number of hydrogen-bond acceptors (Lipinski definition) is 4. The van der Waals surface area contributed by atoms with Gasteiger partial charge in [0.15, 0.2) is 4.96 Å². The number of hydrazine groups is 1. The van der Waals surface area contributed by atoms with Gasteiger partial charge in [0.05, 0.1) is 11.7 Å². The first kappa shape index (κ1) is 14.0. The Morgan fingerprint density at radius 3 is 3.10 bits per heavy atom. The van der Waals surface area contributed by atoms with E-state index < -0.39 is 0 Å². The van der Waals surface area contributed by atoms with Gasteiger partial charge in [-0.3, -0.25) is 15.7 Å². The highest BCUT2D eigenvalue weighted by molar-refractivity contribution is 9.10. The molecule has 0 bridgehead atoms. The van der Waals surface area contributed by atoms with Gasteiger partial charge in [-0.2, -0.15) is 0 Å². The number of nitrogens with two attached hydrogens (primary N) is 1. The van der Waals surface area contributed by atoms with Crippen molar-refractivity contribution in [3.63, 3.8) is 0 Å². The Morgan fingerprint density at radius 1 is 1.50 bits per heavy atom. The number of halogens is 2. The van der Waals surface area contributed by atoms with Gasteiger partial charge in [-0.1, -0.05) is 27.5 Å². The lowest BCUT2D eigenvalue weighted by molar-refractivity contribution is 0.547. The van der Waals surface area contributed by atoms with E-state index in [0.29, 0.717) is 11.4 Å². The number of benzene rings is 1. The molecule has 3 rings (SSSR count). The average molecular weight is 372 g/mol. The lowest BCUT2D eigenvalue weighted by Gasteiger charge is -2.17. The average Bonchev–Trinajstić information content (AvgIpc) is 3.00. The summed E-state index contributed by atoms with van der Waals surface area (Å²) < 4.78 is 2.98. The van der Waals surface area contributed by atoms with Crippen molar-refractivity contribution in [2.45, 2.75) is 12.5 Å². The van der Waals surface area contributed by atoms with Crippen LogP contribution in [0.3, 0.4) is 0 Å². The van der Waals surface area contributed by atoms with Crippen molar-refractivity contribution in [1.29, 1.82) is 0 Å². The third-order valence-electron chi connectivity index (χ3n) is 3.09. The SMILES string of the molecule is NNC(Cc1cn2ccsc2n1)c1cc(Br)ccc1Cl. The zero-order valence-corrected chi connectivity index (χ0v) is 13.5. The van der Waals surface area contributed by atoms with Crippen molar-refractivity contribution in [2.75, 3.05) is 0 Å². The molecule has 0 saturated heterocycles. The van der Waals surface area contributed by atoms with E-state index in [1.807, 2.05) is 40.4 Å². The first-order chi connectivity index (χ1) is 9.67. The normalized spacial score (nSPS) is 12.9. The van der Waals surface area contributed by atoms with Crippen LogP contribution in [0.15, 0.2) is 40.4 Å². The molecule has 2 aromatic heterocycles. The molecular formula is C13H12BrClN4S. The summed E-state index contributed by atoms with van der Waals surface area (Å²) in [6.45, 7) is 0. The molecule has 1 atom stereocenters. The summed E-state index contributed by atoms with van der Waals surface area (Å²) in [5.74, 6) is 5.69. The lowest BCUT2D eigenvalue weighted by Crippen LogP contribution is -2.30. The zero-order chi connectivity index (χ0) is 14.1. The van der Waals surface area contributed by atoms with Crippen LogP contribution in [0.2, 0.25) is 5.02 Å². The molecule has 0 saturated carbocycles. The van der Waals surface area contributed by atoms with Gasteiger partial charge >= 0.3 is 0 Å². The first-order valence-electron chi connectivity index (χ1n) is 5.99. The minimum absolute atomic E-state index is 0.0791. The van der Waals surface area contributed by atoms with Gasteiger partial charge < -0.3 is 0 Å². The van der Waals surface area contributed by atoms with Gasteiger partial charge in [-0.25, -0.2) is 4.98 Å². The van der Waals surface area contributed by atoms with Gasteiger partial charge in [0.25, 0.3) is 0 Å². The number of nitrogens with one attached hydrogen (secondary N) is 1. The van der Waals surface area contributed by atoms with Crippen molar-refractivity contribution in [3.8, 4) is 0 Å². The molecule has 0 fully saturated rings. The van der Waals surface area contributed by atoms with Gasteiger partial charge in [0.2, 0.25) is 0 Å². The van der Waals surface area contributed by atoms with Crippen LogP contribution < -0.4 is 11.3 Å². The predicted molar refractivity (Wildman–Crippen MR) is 86.0 cm³/mol. The monoisotopic (exact) mass is 370 g/mol. The third kappa shape index (κ3) is 2.75. The topological polar surface area (TPSA) is 55.3 Å². The molecule has 0 spiro atoms. The lowest BCUT2D eigenvalue weighted by atomic mass is 10.0. The van der Waals surface area contributed by atoms with Crippen molar-refractivity contribution >= 4 is 43.8 Å². The Hall–Kier alpha value is -0.920. The molecule has 3 N–H and O–H groups in total. The van der Waals surface area contributed by atoms with Crippen LogP contribution in [0, 0.1) is 0 Å². The Bertz CT molecular complexity index is 710. The van der Waals surface area contributed by atoms with Crippen LogP contribution in [0.5, 0.6) is 0 Å². The van der Waals surface area contributed by atoms with Crippen LogP contribution in [-0.2, 0) is 6.42 Å². The molecule has 104 valence electrons. The predicted octanol–water partition coefficient (Wildman–Crippen LogP) is 3.56.